The van der Waals surface area contributed by atoms with E-state index < -0.39 is 0 Å². The van der Waals surface area contributed by atoms with E-state index in [0.717, 1.165) is 24.5 Å². The average molecular weight is 286 g/mol. The molecular weight excluding hydrogens is 264 g/mol. The molecule has 0 saturated carbocycles. The van der Waals surface area contributed by atoms with Gasteiger partial charge in [0.2, 0.25) is 0 Å². The quantitative estimate of drug-likeness (QED) is 0.791. The second-order valence-corrected chi connectivity index (χ2v) is 5.16. The van der Waals surface area contributed by atoms with Crippen molar-refractivity contribution in [3.05, 3.63) is 42.2 Å². The number of pyridine rings is 1. The molecule has 2 rings (SSSR count). The number of ether oxygens (including phenoxy) is 1. The van der Waals surface area contributed by atoms with Gasteiger partial charge in [0, 0.05) is 18.7 Å². The number of nitrogens with zero attached hydrogens (tertiary/aromatic N) is 3. The van der Waals surface area contributed by atoms with Crippen LogP contribution >= 0.6 is 0 Å². The molecule has 0 aliphatic heterocycles. The van der Waals surface area contributed by atoms with Crippen molar-refractivity contribution in [3.63, 3.8) is 0 Å². The summed E-state index contributed by atoms with van der Waals surface area (Å²) in [6.07, 6.45) is 6.23. The van der Waals surface area contributed by atoms with Gasteiger partial charge in [0.15, 0.2) is 5.75 Å². The molecule has 0 unspecified atom stereocenters. The van der Waals surface area contributed by atoms with Gasteiger partial charge in [-0.15, -0.1) is 0 Å². The molecule has 5 heteroatoms. The molecule has 0 aromatic carbocycles. The lowest BCUT2D eigenvalue weighted by Gasteiger charge is -2.13. The third kappa shape index (κ3) is 4.49. The third-order valence-electron chi connectivity index (χ3n) is 2.95. The molecule has 0 radical (unpaired) electrons. The maximum atomic E-state index is 5.85. The molecule has 2 aromatic heterocycles. The minimum absolute atomic E-state index is 0.294. The zero-order valence-corrected chi connectivity index (χ0v) is 12.8. The lowest BCUT2D eigenvalue weighted by molar-refractivity contribution is 0.460. The van der Waals surface area contributed by atoms with Gasteiger partial charge < -0.3 is 10.1 Å². The van der Waals surface area contributed by atoms with Crippen LogP contribution in [0.5, 0.6) is 11.5 Å². The Bertz CT molecular complexity index is 557. The first-order valence-corrected chi connectivity index (χ1v) is 7.35. The van der Waals surface area contributed by atoms with Crippen LogP contribution < -0.4 is 10.1 Å². The molecule has 112 valence electrons. The summed E-state index contributed by atoms with van der Waals surface area (Å²) in [5.41, 5.74) is 0.881. The van der Waals surface area contributed by atoms with Crippen molar-refractivity contribution >= 4 is 0 Å². The van der Waals surface area contributed by atoms with E-state index in [1.54, 1.807) is 18.6 Å². The topological polar surface area (TPSA) is 59.9 Å². The van der Waals surface area contributed by atoms with E-state index in [1.165, 1.54) is 0 Å². The molecule has 0 spiro atoms. The molecule has 0 amide bonds. The van der Waals surface area contributed by atoms with E-state index in [4.69, 9.17) is 4.74 Å². The largest absolute Gasteiger partial charge is 0.452 e. The van der Waals surface area contributed by atoms with E-state index in [2.05, 4.69) is 41.0 Å². The molecule has 0 aliphatic rings. The van der Waals surface area contributed by atoms with Crippen molar-refractivity contribution in [2.45, 2.75) is 39.7 Å². The van der Waals surface area contributed by atoms with Crippen molar-refractivity contribution in [2.75, 3.05) is 6.54 Å². The Morgan fingerprint density at radius 2 is 2.14 bits per heavy atom. The Balaban J connectivity index is 2.21. The van der Waals surface area contributed by atoms with Crippen molar-refractivity contribution in [1.29, 1.82) is 0 Å². The van der Waals surface area contributed by atoms with Gasteiger partial charge in [-0.2, -0.15) is 0 Å². The first kappa shape index (κ1) is 15.4. The van der Waals surface area contributed by atoms with Crippen LogP contribution in [0.4, 0.5) is 0 Å². The molecule has 21 heavy (non-hydrogen) atoms. The van der Waals surface area contributed by atoms with Crippen LogP contribution in [0.3, 0.4) is 0 Å². The molecule has 0 fully saturated rings. The number of hydrogen-bond donors (Lipinski definition) is 1. The smallest absolute Gasteiger partial charge is 0.168 e. The van der Waals surface area contributed by atoms with Crippen molar-refractivity contribution in [1.82, 2.24) is 20.3 Å². The Kier molecular flexibility index (Phi) is 5.63. The lowest BCUT2D eigenvalue weighted by atomic mass is 10.2. The van der Waals surface area contributed by atoms with Gasteiger partial charge in [-0.05, 0) is 25.1 Å². The Morgan fingerprint density at radius 3 is 2.81 bits per heavy atom. The maximum absolute atomic E-state index is 5.85. The number of rotatable bonds is 7. The summed E-state index contributed by atoms with van der Waals surface area (Å²) in [5, 5.41) is 3.36. The van der Waals surface area contributed by atoms with Crippen LogP contribution in [0.25, 0.3) is 0 Å². The van der Waals surface area contributed by atoms with E-state index in [0.29, 0.717) is 24.0 Å². The van der Waals surface area contributed by atoms with E-state index in [-0.39, 0.29) is 0 Å². The zero-order chi connectivity index (χ0) is 15.1. The first-order chi connectivity index (χ1) is 10.2. The summed E-state index contributed by atoms with van der Waals surface area (Å²) in [7, 11) is 0. The van der Waals surface area contributed by atoms with Gasteiger partial charge in [0.25, 0.3) is 0 Å². The Labute approximate surface area is 125 Å². The molecule has 2 aromatic rings. The van der Waals surface area contributed by atoms with E-state index in [1.807, 2.05) is 12.1 Å². The monoisotopic (exact) mass is 286 g/mol. The van der Waals surface area contributed by atoms with Gasteiger partial charge in [-0.25, -0.2) is 9.97 Å². The highest BCUT2D eigenvalue weighted by atomic mass is 16.5. The predicted octanol–water partition coefficient (Wildman–Crippen LogP) is 3.29. The van der Waals surface area contributed by atoms with Gasteiger partial charge in [-0.3, -0.25) is 4.98 Å². The van der Waals surface area contributed by atoms with E-state index in [9.17, 15) is 0 Å². The number of nitrogens with one attached hydrogen (secondary N) is 1. The Morgan fingerprint density at radius 1 is 1.29 bits per heavy atom. The fourth-order valence-electron chi connectivity index (χ4n) is 1.83. The summed E-state index contributed by atoms with van der Waals surface area (Å²) in [6, 6.07) is 3.71. The second kappa shape index (κ2) is 7.69. The predicted molar refractivity (Wildman–Crippen MR) is 82.4 cm³/mol. The second-order valence-electron chi connectivity index (χ2n) is 5.16. The van der Waals surface area contributed by atoms with Crippen molar-refractivity contribution < 1.29 is 4.74 Å². The summed E-state index contributed by atoms with van der Waals surface area (Å²) in [6.45, 7) is 7.93. The molecule has 0 bridgehead atoms. The SMILES string of the molecule is CCCNCc1nc(C(C)C)ncc1Oc1cccnc1. The third-order valence-corrected chi connectivity index (χ3v) is 2.95. The summed E-state index contributed by atoms with van der Waals surface area (Å²) in [4.78, 5) is 13.1. The van der Waals surface area contributed by atoms with E-state index >= 15 is 0 Å². The maximum Gasteiger partial charge on any atom is 0.168 e. The summed E-state index contributed by atoms with van der Waals surface area (Å²) < 4.78 is 5.85. The van der Waals surface area contributed by atoms with Gasteiger partial charge in [0.05, 0.1) is 12.4 Å². The van der Waals surface area contributed by atoms with Crippen molar-refractivity contribution in [2.24, 2.45) is 0 Å². The molecule has 0 aliphatic carbocycles. The summed E-state index contributed by atoms with van der Waals surface area (Å²) in [5.74, 6) is 2.50. The normalized spacial score (nSPS) is 10.9. The molecule has 0 saturated heterocycles. The van der Waals surface area contributed by atoms with Crippen LogP contribution in [0.1, 0.15) is 44.6 Å². The highest BCUT2D eigenvalue weighted by Gasteiger charge is 2.11. The first-order valence-electron chi connectivity index (χ1n) is 7.35. The summed E-state index contributed by atoms with van der Waals surface area (Å²) >= 11 is 0. The average Bonchev–Trinajstić information content (AvgIpc) is 2.50. The minimum atomic E-state index is 0.294. The minimum Gasteiger partial charge on any atom is -0.452 e. The highest BCUT2D eigenvalue weighted by Crippen LogP contribution is 2.24. The van der Waals surface area contributed by atoms with Crippen LogP contribution in [-0.2, 0) is 6.54 Å². The zero-order valence-electron chi connectivity index (χ0n) is 12.8. The van der Waals surface area contributed by atoms with Crippen LogP contribution in [0.15, 0.2) is 30.7 Å². The number of hydrogen-bond acceptors (Lipinski definition) is 5. The fourth-order valence-corrected chi connectivity index (χ4v) is 1.83. The molecule has 5 nitrogen and oxygen atoms in total. The highest BCUT2D eigenvalue weighted by molar-refractivity contribution is 5.31. The van der Waals surface area contributed by atoms with Crippen LogP contribution in [0, 0.1) is 0 Å². The van der Waals surface area contributed by atoms with Gasteiger partial charge in [0.1, 0.15) is 17.3 Å². The lowest BCUT2D eigenvalue weighted by Crippen LogP contribution is -2.16. The molecule has 1 N–H and O–H groups in total. The van der Waals surface area contributed by atoms with Crippen molar-refractivity contribution in [3.8, 4) is 11.5 Å². The number of aromatic nitrogens is 3. The standard InChI is InChI=1S/C16H22N4O/c1-4-7-17-10-14-15(11-19-16(20-14)12(2)3)21-13-6-5-8-18-9-13/h5-6,8-9,11-12,17H,4,7,10H2,1-3H3. The van der Waals surface area contributed by atoms with Crippen LogP contribution in [-0.4, -0.2) is 21.5 Å². The fraction of sp³-hybridized carbons (Fsp3) is 0.438. The van der Waals surface area contributed by atoms with Crippen LogP contribution in [0.2, 0.25) is 0 Å². The Hall–Kier alpha value is -2.01. The molecule has 2 heterocycles. The molecular formula is C16H22N4O. The molecule has 0 atom stereocenters. The van der Waals surface area contributed by atoms with Gasteiger partial charge >= 0.3 is 0 Å². The van der Waals surface area contributed by atoms with Gasteiger partial charge in [-0.1, -0.05) is 20.8 Å².